The predicted molar refractivity (Wildman–Crippen MR) is 161 cm³/mol. The van der Waals surface area contributed by atoms with Crippen LogP contribution in [0.15, 0.2) is 108 Å². The van der Waals surface area contributed by atoms with E-state index >= 15 is 0 Å². The molecule has 0 aromatic heterocycles. The topological polar surface area (TPSA) is 60.6 Å². The molecule has 6 nitrogen and oxygen atoms in total. The molecule has 1 heterocycles. The van der Waals surface area contributed by atoms with Crippen LogP contribution in [0.25, 0.3) is 0 Å². The van der Waals surface area contributed by atoms with Crippen LogP contribution in [-0.4, -0.2) is 42.9 Å². The Morgan fingerprint density at radius 1 is 1.14 bits per heavy atom. The lowest BCUT2D eigenvalue weighted by molar-refractivity contribution is 0.0850. The van der Waals surface area contributed by atoms with Gasteiger partial charge in [-0.05, 0) is 68.7 Å². The van der Waals surface area contributed by atoms with Gasteiger partial charge in [0.25, 0.3) is 0 Å². The van der Waals surface area contributed by atoms with Gasteiger partial charge in [-0.1, -0.05) is 56.9 Å². The molecular formula is C30H45N5OS. The molecule has 1 saturated heterocycles. The van der Waals surface area contributed by atoms with E-state index in [4.69, 9.17) is 4.84 Å². The first-order valence-corrected chi connectivity index (χ1v) is 14.2. The Hall–Kier alpha value is -2.87. The van der Waals surface area contributed by atoms with Crippen molar-refractivity contribution in [3.63, 3.8) is 0 Å². The lowest BCUT2D eigenvalue weighted by Gasteiger charge is -2.30. The van der Waals surface area contributed by atoms with Crippen LogP contribution in [0.4, 0.5) is 0 Å². The maximum atomic E-state index is 5.78. The summed E-state index contributed by atoms with van der Waals surface area (Å²) in [6.07, 6.45) is 25.2. The van der Waals surface area contributed by atoms with Crippen LogP contribution < -0.4 is 21.6 Å². The molecule has 202 valence electrons. The van der Waals surface area contributed by atoms with Crippen molar-refractivity contribution >= 4 is 11.8 Å². The van der Waals surface area contributed by atoms with Gasteiger partial charge in [0.1, 0.15) is 5.76 Å². The molecule has 1 aliphatic carbocycles. The monoisotopic (exact) mass is 523 g/mol. The summed E-state index contributed by atoms with van der Waals surface area (Å²) < 4.78 is 0. The molecule has 4 N–H and O–H groups in total. The standard InChI is InChI=1S/C30H45N5OS/c1-6-11-15-30(10-5)37-24-26(8-3)32-27-13-12-14-29(19-17-27)36-34-33-25(7-2)16-18-28(9-4)35-22-20-31-21-23-35/h6,9-11,13-19,26,31-34H,4-5,7-8,12,20-24H2,1-3H3/b11-6-,25-16+,28-18+,30-15+/t26-/m1/s1. The average molecular weight is 524 g/mol. The molecule has 7 heteroatoms. The number of piperazine rings is 1. The fourth-order valence-corrected chi connectivity index (χ4v) is 4.67. The van der Waals surface area contributed by atoms with Crippen LogP contribution in [0.3, 0.4) is 0 Å². The van der Waals surface area contributed by atoms with Gasteiger partial charge in [-0.25, -0.2) is 0 Å². The van der Waals surface area contributed by atoms with Crippen LogP contribution >= 0.6 is 11.8 Å². The van der Waals surface area contributed by atoms with Crippen molar-refractivity contribution in [2.45, 2.75) is 46.1 Å². The van der Waals surface area contributed by atoms with E-state index in [1.165, 1.54) is 4.91 Å². The zero-order chi connectivity index (χ0) is 26.7. The van der Waals surface area contributed by atoms with E-state index < -0.39 is 0 Å². The summed E-state index contributed by atoms with van der Waals surface area (Å²) in [5.74, 6) is 1.74. The number of nitrogens with zero attached hydrogens (tertiary/aromatic N) is 1. The van der Waals surface area contributed by atoms with Gasteiger partial charge in [0.15, 0.2) is 0 Å². The number of hydrogen-bond donors (Lipinski definition) is 4. The highest BCUT2D eigenvalue weighted by atomic mass is 32.2. The van der Waals surface area contributed by atoms with Crippen LogP contribution in [0.2, 0.25) is 0 Å². The summed E-state index contributed by atoms with van der Waals surface area (Å²) in [7, 11) is 0. The zero-order valence-electron chi connectivity index (χ0n) is 22.8. The molecule has 1 atom stereocenters. The van der Waals surface area contributed by atoms with Crippen molar-refractivity contribution in [1.82, 2.24) is 26.5 Å². The van der Waals surface area contributed by atoms with E-state index in [1.54, 1.807) is 0 Å². The quantitative estimate of drug-likeness (QED) is 0.152. The van der Waals surface area contributed by atoms with Gasteiger partial charge >= 0.3 is 0 Å². The van der Waals surface area contributed by atoms with E-state index in [-0.39, 0.29) is 0 Å². The van der Waals surface area contributed by atoms with Gasteiger partial charge in [-0.2, -0.15) is 0 Å². The summed E-state index contributed by atoms with van der Waals surface area (Å²) in [6, 6.07) is 0.365. The Bertz CT molecular complexity index is 936. The molecule has 1 fully saturated rings. The van der Waals surface area contributed by atoms with Crippen LogP contribution in [-0.2, 0) is 4.84 Å². The maximum Gasteiger partial charge on any atom is 0.145 e. The smallest absolute Gasteiger partial charge is 0.145 e. The van der Waals surface area contributed by atoms with Crippen molar-refractivity contribution in [1.29, 1.82) is 0 Å². The van der Waals surface area contributed by atoms with E-state index in [9.17, 15) is 0 Å². The van der Waals surface area contributed by atoms with E-state index in [1.807, 2.05) is 49.1 Å². The summed E-state index contributed by atoms with van der Waals surface area (Å²) in [4.78, 5) is 9.30. The lowest BCUT2D eigenvalue weighted by atomic mass is 10.2. The van der Waals surface area contributed by atoms with Crippen LogP contribution in [0.1, 0.15) is 40.0 Å². The fourth-order valence-electron chi connectivity index (χ4n) is 3.66. The summed E-state index contributed by atoms with van der Waals surface area (Å²) in [5.41, 5.74) is 9.33. The second-order valence-corrected chi connectivity index (χ2v) is 9.70. The maximum absolute atomic E-state index is 5.78. The number of nitrogens with one attached hydrogen (secondary N) is 4. The second kappa shape index (κ2) is 18.4. The summed E-state index contributed by atoms with van der Waals surface area (Å²) in [6.45, 7) is 18.2. The van der Waals surface area contributed by atoms with Gasteiger partial charge in [0, 0.05) is 60.0 Å². The number of allylic oxidation sites excluding steroid dienone is 12. The third-order valence-electron chi connectivity index (χ3n) is 5.96. The Balaban J connectivity index is 1.83. The van der Waals surface area contributed by atoms with Crippen LogP contribution in [0, 0.1) is 0 Å². The van der Waals surface area contributed by atoms with Gasteiger partial charge in [0.05, 0.1) is 0 Å². The number of hydrogen-bond acceptors (Lipinski definition) is 7. The molecule has 0 aromatic rings. The van der Waals surface area contributed by atoms with E-state index in [0.29, 0.717) is 6.04 Å². The third-order valence-corrected chi connectivity index (χ3v) is 7.17. The number of hydrazine groups is 1. The molecule has 0 spiro atoms. The zero-order valence-corrected chi connectivity index (χ0v) is 23.6. The molecule has 0 unspecified atom stereocenters. The molecule has 37 heavy (non-hydrogen) atoms. The Morgan fingerprint density at radius 3 is 2.62 bits per heavy atom. The highest BCUT2D eigenvalue weighted by molar-refractivity contribution is 8.03. The second-order valence-electron chi connectivity index (χ2n) is 8.60. The molecular weight excluding hydrogens is 478 g/mol. The molecule has 0 saturated carbocycles. The van der Waals surface area contributed by atoms with Crippen molar-refractivity contribution in [2.24, 2.45) is 0 Å². The summed E-state index contributed by atoms with van der Waals surface area (Å²) in [5, 5.41) is 7.04. The molecule has 1 aliphatic heterocycles. The Labute approximate surface area is 228 Å². The average Bonchev–Trinajstić information content (AvgIpc) is 3.17. The SMILES string of the molecule is C=C/C(=C\C=C/C)SC[C@@H](CC)NC1=CCC=C(ONN/C(=C/C=C(\C=C)N2CCNCC2)CC)C=C1. The summed E-state index contributed by atoms with van der Waals surface area (Å²) >= 11 is 1.82. The minimum absolute atomic E-state index is 0.365. The van der Waals surface area contributed by atoms with Gasteiger partial charge < -0.3 is 20.4 Å². The lowest BCUT2D eigenvalue weighted by Crippen LogP contribution is -2.42. The molecule has 0 aromatic carbocycles. The first kappa shape index (κ1) is 30.4. The fraction of sp³-hybridized carbons (Fsp3) is 0.400. The van der Waals surface area contributed by atoms with Gasteiger partial charge in [-0.15, -0.1) is 11.8 Å². The largest absolute Gasteiger partial charge is 0.390 e. The number of rotatable bonds is 16. The normalized spacial score (nSPS) is 18.1. The molecule has 0 radical (unpaired) electrons. The highest BCUT2D eigenvalue weighted by Crippen LogP contribution is 2.20. The minimum Gasteiger partial charge on any atom is -0.390 e. The highest BCUT2D eigenvalue weighted by Gasteiger charge is 2.11. The van der Waals surface area contributed by atoms with Crippen molar-refractivity contribution in [3.05, 3.63) is 108 Å². The molecule has 0 bridgehead atoms. The third kappa shape index (κ3) is 11.8. The van der Waals surface area contributed by atoms with Crippen molar-refractivity contribution in [2.75, 3.05) is 31.9 Å². The first-order chi connectivity index (χ1) is 18.1. The predicted octanol–water partition coefficient (Wildman–Crippen LogP) is 5.76. The Morgan fingerprint density at radius 2 is 1.95 bits per heavy atom. The van der Waals surface area contributed by atoms with Crippen molar-refractivity contribution < 1.29 is 4.84 Å². The first-order valence-electron chi connectivity index (χ1n) is 13.2. The van der Waals surface area contributed by atoms with E-state index in [0.717, 1.165) is 74.0 Å². The molecule has 2 aliphatic rings. The Kier molecular flexibility index (Phi) is 15.1. The van der Waals surface area contributed by atoms with E-state index in [2.05, 4.69) is 90.0 Å². The van der Waals surface area contributed by atoms with Gasteiger partial charge in [0.2, 0.25) is 0 Å². The molecule has 2 rings (SSSR count). The number of thioether (sulfide) groups is 1. The molecule has 0 amide bonds. The van der Waals surface area contributed by atoms with Crippen molar-refractivity contribution in [3.8, 4) is 0 Å². The minimum atomic E-state index is 0.365. The van der Waals surface area contributed by atoms with Gasteiger partial charge in [-0.3, -0.25) is 5.43 Å². The van der Waals surface area contributed by atoms with Crippen LogP contribution in [0.5, 0.6) is 0 Å².